The van der Waals surface area contributed by atoms with Crippen LogP contribution in [0.3, 0.4) is 0 Å². The summed E-state index contributed by atoms with van der Waals surface area (Å²) in [6, 6.07) is 21.1. The molecule has 4 aromatic rings. The first-order valence-electron chi connectivity index (χ1n) is 16.2. The van der Waals surface area contributed by atoms with E-state index in [0.717, 1.165) is 23.4 Å². The molecule has 1 aromatic heterocycles. The Hall–Kier alpha value is -5.65. The monoisotopic (exact) mass is 667 g/mol. The molecule has 0 radical (unpaired) electrons. The average molecular weight is 668 g/mol. The van der Waals surface area contributed by atoms with E-state index >= 15 is 0 Å². The van der Waals surface area contributed by atoms with Crippen molar-refractivity contribution in [3.05, 3.63) is 100.0 Å². The Balaban J connectivity index is 1.23. The molecule has 0 saturated carbocycles. The number of anilines is 3. The quantitative estimate of drug-likeness (QED) is 0.201. The third-order valence-electron chi connectivity index (χ3n) is 9.13. The van der Waals surface area contributed by atoms with Gasteiger partial charge >= 0.3 is 6.03 Å². The maximum atomic E-state index is 13.5. The van der Waals surface area contributed by atoms with Crippen molar-refractivity contribution in [3.8, 4) is 23.0 Å². The first kappa shape index (κ1) is 33.3. The van der Waals surface area contributed by atoms with Gasteiger partial charge in [0.15, 0.2) is 11.5 Å². The van der Waals surface area contributed by atoms with Gasteiger partial charge in [-0.1, -0.05) is 12.1 Å². The zero-order chi connectivity index (χ0) is 34.5. The number of pyridine rings is 1. The summed E-state index contributed by atoms with van der Waals surface area (Å²) in [5, 5.41) is 8.85. The van der Waals surface area contributed by atoms with Gasteiger partial charge in [0.25, 0.3) is 11.5 Å². The van der Waals surface area contributed by atoms with E-state index in [-0.39, 0.29) is 23.3 Å². The Kier molecular flexibility index (Phi) is 9.93. The number of carbonyl (C=O) groups excluding carboxylic acids is 2. The van der Waals surface area contributed by atoms with E-state index in [2.05, 4.69) is 20.9 Å². The van der Waals surface area contributed by atoms with Gasteiger partial charge in [0.05, 0.1) is 45.5 Å². The second kappa shape index (κ2) is 14.6. The fourth-order valence-electron chi connectivity index (χ4n) is 6.78. The Bertz CT molecular complexity index is 1910. The van der Waals surface area contributed by atoms with E-state index in [4.69, 9.17) is 18.9 Å². The fourth-order valence-corrected chi connectivity index (χ4v) is 6.78. The largest absolute Gasteiger partial charge is 0.497 e. The molecule has 0 aliphatic carbocycles. The predicted molar refractivity (Wildman–Crippen MR) is 188 cm³/mol. The number of nitrogens with one attached hydrogen (secondary N) is 3. The van der Waals surface area contributed by atoms with Crippen LogP contribution in [-0.4, -0.2) is 64.6 Å². The molecule has 3 N–H and O–H groups in total. The van der Waals surface area contributed by atoms with Crippen molar-refractivity contribution in [1.29, 1.82) is 0 Å². The summed E-state index contributed by atoms with van der Waals surface area (Å²) in [6.07, 6.45) is 1.57. The van der Waals surface area contributed by atoms with Gasteiger partial charge in [0, 0.05) is 55.5 Å². The van der Waals surface area contributed by atoms with E-state index in [1.165, 1.54) is 7.11 Å². The number of hydrogen-bond acceptors (Lipinski definition) is 8. The molecule has 1 fully saturated rings. The smallest absolute Gasteiger partial charge is 0.323 e. The Labute approximate surface area is 284 Å². The molecule has 3 amide bonds. The number of methoxy groups -OCH3 is 4. The summed E-state index contributed by atoms with van der Waals surface area (Å²) >= 11 is 0. The number of urea groups is 1. The van der Waals surface area contributed by atoms with Crippen molar-refractivity contribution < 1.29 is 28.5 Å². The maximum absolute atomic E-state index is 13.5. The third kappa shape index (κ3) is 7.28. The topological polar surface area (TPSA) is 132 Å². The number of rotatable bonds is 11. The number of nitrogens with zero attached hydrogens (tertiary/aromatic N) is 2. The summed E-state index contributed by atoms with van der Waals surface area (Å²) in [4.78, 5) is 41.7. The van der Waals surface area contributed by atoms with Crippen LogP contribution in [-0.2, 0) is 13.0 Å². The molecular formula is C37H41N5O7. The molecule has 2 aliphatic rings. The number of ether oxygens (including phenoxy) is 4. The molecule has 12 heteroatoms. The highest BCUT2D eigenvalue weighted by Gasteiger charge is 2.35. The Morgan fingerprint density at radius 3 is 2.35 bits per heavy atom. The predicted octanol–water partition coefficient (Wildman–Crippen LogP) is 5.12. The highest BCUT2D eigenvalue weighted by atomic mass is 16.5. The molecule has 2 atom stereocenters. The molecule has 1 saturated heterocycles. The number of benzene rings is 3. The molecule has 256 valence electrons. The second-order valence-electron chi connectivity index (χ2n) is 12.2. The SMILES string of the molecule is COc1ccc(NC(=O)Nc2cc(C(=O)NCCc3ccc(OC)c(OC)c3)ccc2N2CC3CC(C2)c2cccc(=O)n2C3)c(OC)c1. The summed E-state index contributed by atoms with van der Waals surface area (Å²) < 4.78 is 23.4. The van der Waals surface area contributed by atoms with Gasteiger partial charge < -0.3 is 44.4 Å². The van der Waals surface area contributed by atoms with E-state index in [1.807, 2.05) is 41.0 Å². The summed E-state index contributed by atoms with van der Waals surface area (Å²) in [6.45, 7) is 2.41. The summed E-state index contributed by atoms with van der Waals surface area (Å²) in [5.74, 6) is 2.45. The van der Waals surface area contributed by atoms with Crippen molar-refractivity contribution in [2.24, 2.45) is 5.92 Å². The van der Waals surface area contributed by atoms with Crippen molar-refractivity contribution >= 4 is 29.0 Å². The summed E-state index contributed by atoms with van der Waals surface area (Å²) in [7, 11) is 6.25. The van der Waals surface area contributed by atoms with E-state index < -0.39 is 6.03 Å². The van der Waals surface area contributed by atoms with Crippen molar-refractivity contribution in [1.82, 2.24) is 9.88 Å². The number of hydrogen-bond donors (Lipinski definition) is 3. The van der Waals surface area contributed by atoms with Crippen LogP contribution in [0.15, 0.2) is 77.6 Å². The van der Waals surface area contributed by atoms with Crippen LogP contribution >= 0.6 is 0 Å². The third-order valence-corrected chi connectivity index (χ3v) is 9.13. The molecule has 2 bridgehead atoms. The standard InChI is InChI=1S/C37H41N5O7/c1-46-27-10-11-28(33(19-27)48-3)39-37(45)40-29-18-25(36(44)38-15-14-23-8-13-32(47-2)34(17-23)49-4)9-12-31(29)41-20-24-16-26(22-41)30-6-5-7-35(43)42(30)21-24/h5-13,17-19,24,26H,14-16,20-22H2,1-4H3,(H,38,44)(H2,39,40,45). The molecule has 0 spiro atoms. The lowest BCUT2D eigenvalue weighted by Gasteiger charge is -2.44. The molecule has 3 heterocycles. The Morgan fingerprint density at radius 2 is 1.57 bits per heavy atom. The fraction of sp³-hybridized carbons (Fsp3) is 0.324. The first-order chi connectivity index (χ1) is 23.8. The second-order valence-corrected chi connectivity index (χ2v) is 12.2. The van der Waals surface area contributed by atoms with E-state index in [0.29, 0.717) is 72.5 Å². The van der Waals surface area contributed by atoms with Crippen LogP contribution in [0.2, 0.25) is 0 Å². The van der Waals surface area contributed by atoms with Gasteiger partial charge in [-0.2, -0.15) is 0 Å². The van der Waals surface area contributed by atoms with Crippen molar-refractivity contribution in [3.63, 3.8) is 0 Å². The van der Waals surface area contributed by atoms with Crippen LogP contribution in [0.1, 0.15) is 34.0 Å². The minimum absolute atomic E-state index is 0.0233. The number of carbonyl (C=O) groups is 2. The molecule has 12 nitrogen and oxygen atoms in total. The molecule has 2 unspecified atom stereocenters. The van der Waals surface area contributed by atoms with E-state index in [9.17, 15) is 14.4 Å². The van der Waals surface area contributed by atoms with Crippen LogP contribution in [0.4, 0.5) is 21.9 Å². The van der Waals surface area contributed by atoms with Gasteiger partial charge in [-0.05, 0) is 72.9 Å². The molecule has 6 rings (SSSR count). The maximum Gasteiger partial charge on any atom is 0.323 e. The molecule has 3 aromatic carbocycles. The van der Waals surface area contributed by atoms with Crippen LogP contribution < -0.4 is 45.4 Å². The van der Waals surface area contributed by atoms with Gasteiger partial charge in [0.2, 0.25) is 0 Å². The number of amides is 3. The zero-order valence-corrected chi connectivity index (χ0v) is 28.1. The minimum Gasteiger partial charge on any atom is -0.497 e. The lowest BCUT2D eigenvalue weighted by atomic mass is 9.83. The summed E-state index contributed by atoms with van der Waals surface area (Å²) in [5.41, 5.74) is 4.18. The lowest BCUT2D eigenvalue weighted by Crippen LogP contribution is -2.47. The lowest BCUT2D eigenvalue weighted by molar-refractivity contribution is 0.0954. The number of piperidine rings is 1. The molecule has 2 aliphatic heterocycles. The normalized spacial score (nSPS) is 16.2. The van der Waals surface area contributed by atoms with Gasteiger partial charge in [-0.3, -0.25) is 9.59 Å². The Morgan fingerprint density at radius 1 is 0.776 bits per heavy atom. The molecular weight excluding hydrogens is 626 g/mol. The van der Waals surface area contributed by atoms with Crippen molar-refractivity contribution in [2.45, 2.75) is 25.3 Å². The molecule has 49 heavy (non-hydrogen) atoms. The number of aromatic nitrogens is 1. The van der Waals surface area contributed by atoms with Gasteiger partial charge in [-0.15, -0.1) is 0 Å². The zero-order valence-electron chi connectivity index (χ0n) is 28.1. The van der Waals surface area contributed by atoms with Crippen molar-refractivity contribution in [2.75, 3.05) is 63.6 Å². The van der Waals surface area contributed by atoms with Crippen LogP contribution in [0.25, 0.3) is 0 Å². The minimum atomic E-state index is -0.496. The number of fused-ring (bicyclic) bond motifs is 4. The van der Waals surface area contributed by atoms with Gasteiger partial charge in [-0.25, -0.2) is 4.79 Å². The van der Waals surface area contributed by atoms with Crippen LogP contribution in [0.5, 0.6) is 23.0 Å². The highest BCUT2D eigenvalue weighted by Crippen LogP contribution is 2.39. The van der Waals surface area contributed by atoms with Gasteiger partial charge in [0.1, 0.15) is 11.5 Å². The van der Waals surface area contributed by atoms with E-state index in [1.54, 1.807) is 57.7 Å². The average Bonchev–Trinajstić information content (AvgIpc) is 3.12. The van der Waals surface area contributed by atoms with Crippen LogP contribution in [0, 0.1) is 5.92 Å². The highest BCUT2D eigenvalue weighted by molar-refractivity contribution is 6.04. The first-order valence-corrected chi connectivity index (χ1v) is 16.2.